The molecule has 0 spiro atoms. The summed E-state index contributed by atoms with van der Waals surface area (Å²) >= 11 is 47.4. The van der Waals surface area contributed by atoms with Crippen molar-refractivity contribution in [2.75, 3.05) is 0 Å². The van der Waals surface area contributed by atoms with Crippen molar-refractivity contribution in [1.82, 2.24) is 0 Å². The minimum Gasteiger partial charge on any atom is -0.302 e. The first-order chi connectivity index (χ1) is 7.59. The van der Waals surface area contributed by atoms with Crippen molar-refractivity contribution in [2.45, 2.75) is 9.04 Å². The lowest BCUT2D eigenvalue weighted by Gasteiger charge is -2.16. The van der Waals surface area contributed by atoms with Gasteiger partial charge in [-0.3, -0.25) is 0 Å². The van der Waals surface area contributed by atoms with Gasteiger partial charge in [0, 0.05) is 11.1 Å². The van der Waals surface area contributed by atoms with Crippen LogP contribution in [0.3, 0.4) is 0 Å². The Labute approximate surface area is 137 Å². The average Bonchev–Trinajstić information content (AvgIpc) is 2.36. The van der Waals surface area contributed by atoms with Crippen LogP contribution in [0.15, 0.2) is 0 Å². The molecule has 9 heteroatoms. The fraction of sp³-hybridized carbons (Fsp3) is 0.250. The van der Waals surface area contributed by atoms with Crippen LogP contribution in [0.4, 0.5) is 0 Å². The minimum absolute atomic E-state index is 0.00242. The van der Waals surface area contributed by atoms with Crippen LogP contribution in [0, 0.1) is 0 Å². The zero-order valence-corrected chi connectivity index (χ0v) is 13.5. The van der Waals surface area contributed by atoms with E-state index in [0.717, 1.165) is 0 Å². The molecule has 0 aliphatic carbocycles. The molecule has 0 atom stereocenters. The molecule has 17 heavy (non-hydrogen) atoms. The monoisotopic (exact) mass is 392 g/mol. The van der Waals surface area contributed by atoms with Crippen LogP contribution < -0.4 is 0 Å². The molecule has 0 saturated carbocycles. The maximum absolute atomic E-state index is 5.99. The highest BCUT2D eigenvalue weighted by molar-refractivity contribution is 6.57. The number of alkyl halides is 4. The Morgan fingerprint density at radius 1 is 0.588 bits per heavy atom. The largest absolute Gasteiger partial charge is 0.302 e. The number of rotatable bonds is 0. The lowest BCUT2D eigenvalue weighted by Crippen LogP contribution is -2.14. The average molecular weight is 396 g/mol. The molecule has 94 valence electrons. The molecule has 0 unspecified atom stereocenters. The molecule has 0 fully saturated rings. The molecule has 1 aliphatic rings. The van der Waals surface area contributed by atoms with Crippen molar-refractivity contribution in [3.63, 3.8) is 0 Å². The maximum atomic E-state index is 5.99. The predicted octanol–water partition coefficient (Wildman–Crippen LogP) is 6.51. The summed E-state index contributed by atoms with van der Waals surface area (Å²) in [6.07, 6.45) is 0. The summed E-state index contributed by atoms with van der Waals surface area (Å²) in [4.78, 5) is 0. The van der Waals surface area contributed by atoms with E-state index in [4.69, 9.17) is 97.5 Å². The van der Waals surface area contributed by atoms with Crippen LogP contribution in [0.2, 0.25) is 20.1 Å². The van der Waals surface area contributed by atoms with Gasteiger partial charge in [0.15, 0.2) is 0 Å². The van der Waals surface area contributed by atoms with Gasteiger partial charge < -0.3 is 4.74 Å². The quantitative estimate of drug-likeness (QED) is 0.276. The van der Waals surface area contributed by atoms with Crippen LogP contribution in [0.5, 0.6) is 0 Å². The van der Waals surface area contributed by atoms with E-state index in [2.05, 4.69) is 0 Å². The van der Waals surface area contributed by atoms with Crippen molar-refractivity contribution in [3.8, 4) is 0 Å². The normalized spacial score (nSPS) is 20.5. The van der Waals surface area contributed by atoms with E-state index in [0.29, 0.717) is 0 Å². The SMILES string of the molecule is Clc1c(Cl)c(Cl)c2c(c1Cl)C(Cl)(Cl)OC2(Cl)Cl. The molecule has 1 nitrogen and oxygen atoms in total. The zero-order chi connectivity index (χ0) is 13.2. The van der Waals surface area contributed by atoms with Gasteiger partial charge in [-0.2, -0.15) is 0 Å². The van der Waals surface area contributed by atoms with Crippen molar-refractivity contribution in [3.05, 3.63) is 31.2 Å². The molecule has 1 heterocycles. The lowest BCUT2D eigenvalue weighted by molar-refractivity contribution is 0.0519. The summed E-state index contributed by atoms with van der Waals surface area (Å²) in [5, 5.41) is -0.0248. The first-order valence-electron chi connectivity index (χ1n) is 3.92. The minimum atomic E-state index is -1.85. The molecule has 0 aromatic heterocycles. The van der Waals surface area contributed by atoms with Gasteiger partial charge >= 0.3 is 0 Å². The van der Waals surface area contributed by atoms with Crippen LogP contribution in [0.25, 0.3) is 0 Å². The van der Waals surface area contributed by atoms with Crippen molar-refractivity contribution in [2.24, 2.45) is 0 Å². The third kappa shape index (κ3) is 2.22. The maximum Gasteiger partial charge on any atom is 0.249 e. The van der Waals surface area contributed by atoms with Gasteiger partial charge in [-0.1, -0.05) is 92.8 Å². The molecule has 0 saturated heterocycles. The van der Waals surface area contributed by atoms with Gasteiger partial charge in [0.25, 0.3) is 0 Å². The molecular formula is C8Cl8O. The number of ether oxygens (including phenoxy) is 1. The van der Waals surface area contributed by atoms with E-state index < -0.39 is 9.04 Å². The second kappa shape index (κ2) is 4.51. The Morgan fingerprint density at radius 2 is 0.882 bits per heavy atom. The Morgan fingerprint density at radius 3 is 1.18 bits per heavy atom. The topological polar surface area (TPSA) is 9.23 Å². The zero-order valence-electron chi connectivity index (χ0n) is 7.43. The lowest BCUT2D eigenvalue weighted by atomic mass is 10.1. The molecule has 1 aromatic rings. The van der Waals surface area contributed by atoms with E-state index >= 15 is 0 Å². The van der Waals surface area contributed by atoms with Crippen LogP contribution in [-0.2, 0) is 13.8 Å². The summed E-state index contributed by atoms with van der Waals surface area (Å²) in [5.41, 5.74) is 0.179. The van der Waals surface area contributed by atoms with Crippen LogP contribution >= 0.6 is 92.8 Å². The number of benzene rings is 1. The molecule has 2 rings (SSSR count). The first-order valence-corrected chi connectivity index (χ1v) is 6.94. The van der Waals surface area contributed by atoms with Gasteiger partial charge in [0.05, 0.1) is 20.1 Å². The highest BCUT2D eigenvalue weighted by atomic mass is 35.5. The Bertz CT molecular complexity index is 464. The predicted molar refractivity (Wildman–Crippen MR) is 74.3 cm³/mol. The van der Waals surface area contributed by atoms with E-state index in [-0.39, 0.29) is 31.2 Å². The highest BCUT2D eigenvalue weighted by Crippen LogP contribution is 2.62. The van der Waals surface area contributed by atoms with Gasteiger partial charge in [0.1, 0.15) is 0 Å². The fourth-order valence-corrected chi connectivity index (χ4v) is 4.13. The smallest absolute Gasteiger partial charge is 0.249 e. The number of fused-ring (bicyclic) bond motifs is 1. The summed E-state index contributed by atoms with van der Waals surface area (Å²) in [7, 11) is 0. The molecule has 0 bridgehead atoms. The molecule has 1 aromatic carbocycles. The van der Waals surface area contributed by atoms with Gasteiger partial charge in [0.2, 0.25) is 9.04 Å². The summed E-state index contributed by atoms with van der Waals surface area (Å²) in [5.74, 6) is 0. The summed E-state index contributed by atoms with van der Waals surface area (Å²) in [6.45, 7) is 0. The van der Waals surface area contributed by atoms with Crippen molar-refractivity contribution >= 4 is 92.8 Å². The standard InChI is InChI=1S/C8Cl8O/c9-3-1-2(4(10)6(12)5(3)11)8(15,16)17-7(1,13)14. The Kier molecular flexibility index (Phi) is 3.95. The third-order valence-corrected chi connectivity index (χ3v) is 4.97. The summed E-state index contributed by atoms with van der Waals surface area (Å²) in [6, 6.07) is 0. The molecule has 0 N–H and O–H groups in total. The Balaban J connectivity index is 2.92. The second-order valence-electron chi connectivity index (χ2n) is 3.14. The van der Waals surface area contributed by atoms with Gasteiger partial charge in [-0.15, -0.1) is 0 Å². The number of halogens is 8. The molecule has 0 radical (unpaired) electrons. The molecule has 1 aliphatic heterocycles. The van der Waals surface area contributed by atoms with Gasteiger partial charge in [-0.05, 0) is 0 Å². The van der Waals surface area contributed by atoms with Crippen molar-refractivity contribution < 1.29 is 4.74 Å². The van der Waals surface area contributed by atoms with Crippen LogP contribution in [0.1, 0.15) is 11.1 Å². The molecular weight excluding hydrogens is 396 g/mol. The fourth-order valence-electron chi connectivity index (χ4n) is 1.44. The van der Waals surface area contributed by atoms with Crippen molar-refractivity contribution in [1.29, 1.82) is 0 Å². The van der Waals surface area contributed by atoms with Crippen LogP contribution in [-0.4, -0.2) is 0 Å². The first kappa shape index (κ1) is 14.9. The second-order valence-corrected chi connectivity index (χ2v) is 7.17. The van der Waals surface area contributed by atoms with Gasteiger partial charge in [-0.25, -0.2) is 0 Å². The molecule has 0 amide bonds. The number of hydrogen-bond donors (Lipinski definition) is 0. The van der Waals surface area contributed by atoms with E-state index in [1.165, 1.54) is 0 Å². The van der Waals surface area contributed by atoms with E-state index in [9.17, 15) is 0 Å². The highest BCUT2D eigenvalue weighted by Gasteiger charge is 2.54. The Hall–Kier alpha value is 1.50. The third-order valence-electron chi connectivity index (χ3n) is 2.11. The summed E-state index contributed by atoms with van der Waals surface area (Å²) < 4.78 is 1.35. The van der Waals surface area contributed by atoms with E-state index in [1.807, 2.05) is 0 Å². The van der Waals surface area contributed by atoms with E-state index in [1.54, 1.807) is 0 Å². The number of hydrogen-bond acceptors (Lipinski definition) is 1.